The number of nitrogen functional groups attached to an aromatic ring is 1. The van der Waals surface area contributed by atoms with Gasteiger partial charge >= 0.3 is 0 Å². The van der Waals surface area contributed by atoms with Crippen LogP contribution in [0.2, 0.25) is 0 Å². The van der Waals surface area contributed by atoms with E-state index in [1.165, 1.54) is 5.56 Å². The van der Waals surface area contributed by atoms with Crippen LogP contribution in [0.1, 0.15) is 30.3 Å². The molecule has 0 aliphatic carbocycles. The van der Waals surface area contributed by atoms with Gasteiger partial charge in [0.1, 0.15) is 0 Å². The Morgan fingerprint density at radius 2 is 1.85 bits per heavy atom. The van der Waals surface area contributed by atoms with E-state index in [-0.39, 0.29) is 6.04 Å². The van der Waals surface area contributed by atoms with E-state index >= 15 is 0 Å². The quantitative estimate of drug-likeness (QED) is 0.454. The molecule has 6 rings (SSSR count). The molecule has 2 aromatic carbocycles. The molecule has 3 aromatic heterocycles. The first-order valence-corrected chi connectivity index (χ1v) is 11.3. The smallest absolute Gasteiger partial charge is 0.200 e. The third-order valence-electron chi connectivity index (χ3n) is 6.58. The molecule has 0 amide bonds. The second kappa shape index (κ2) is 7.97. The van der Waals surface area contributed by atoms with E-state index in [4.69, 9.17) is 20.6 Å². The van der Waals surface area contributed by atoms with E-state index in [0.29, 0.717) is 23.1 Å². The van der Waals surface area contributed by atoms with Gasteiger partial charge in [0.05, 0.1) is 34.8 Å². The Morgan fingerprint density at radius 1 is 1.03 bits per heavy atom. The molecule has 1 aliphatic heterocycles. The molecule has 2 N–H and O–H groups in total. The molecule has 8 nitrogen and oxygen atoms in total. The van der Waals surface area contributed by atoms with E-state index in [9.17, 15) is 0 Å². The molecular weight excluding hydrogens is 414 g/mol. The average Bonchev–Trinajstić information content (AvgIpc) is 3.44. The summed E-state index contributed by atoms with van der Waals surface area (Å²) in [4.78, 5) is 4.73. The Bertz CT molecular complexity index is 1430. The Hall–Kier alpha value is -3.78. The topological polar surface area (TPSA) is 96.2 Å². The van der Waals surface area contributed by atoms with Crippen molar-refractivity contribution in [1.82, 2.24) is 29.4 Å². The van der Waals surface area contributed by atoms with Crippen LogP contribution in [-0.4, -0.2) is 42.6 Å². The number of aryl methyl sites for hydroxylation is 1. The van der Waals surface area contributed by atoms with E-state index in [2.05, 4.69) is 51.2 Å². The van der Waals surface area contributed by atoms with Gasteiger partial charge in [0.15, 0.2) is 5.82 Å². The van der Waals surface area contributed by atoms with E-state index in [1.54, 1.807) is 4.52 Å². The predicted octanol–water partition coefficient (Wildman–Crippen LogP) is 4.05. The lowest BCUT2D eigenvalue weighted by atomic mass is 9.86. The van der Waals surface area contributed by atoms with Gasteiger partial charge in [0, 0.05) is 18.8 Å². The highest BCUT2D eigenvalue weighted by Gasteiger charge is 2.28. The highest BCUT2D eigenvalue weighted by Crippen LogP contribution is 2.36. The number of anilines is 1. The van der Waals surface area contributed by atoms with Gasteiger partial charge in [-0.1, -0.05) is 36.4 Å². The fourth-order valence-electron chi connectivity index (χ4n) is 4.90. The van der Waals surface area contributed by atoms with Crippen molar-refractivity contribution >= 4 is 22.4 Å². The van der Waals surface area contributed by atoms with Crippen LogP contribution in [0.3, 0.4) is 0 Å². The minimum atomic E-state index is 0.191. The van der Waals surface area contributed by atoms with Crippen LogP contribution in [-0.2, 0) is 4.74 Å². The first kappa shape index (κ1) is 19.9. The summed E-state index contributed by atoms with van der Waals surface area (Å²) >= 11 is 0. The van der Waals surface area contributed by atoms with Crippen LogP contribution < -0.4 is 5.73 Å². The van der Waals surface area contributed by atoms with Gasteiger partial charge in [-0.3, -0.25) is 0 Å². The van der Waals surface area contributed by atoms with Gasteiger partial charge in [-0.05, 0) is 49.4 Å². The normalized spacial score (nSPS) is 15.9. The molecule has 0 radical (unpaired) electrons. The lowest BCUT2D eigenvalue weighted by molar-refractivity contribution is 0.0547. The Labute approximate surface area is 191 Å². The van der Waals surface area contributed by atoms with Crippen molar-refractivity contribution < 1.29 is 4.74 Å². The first-order valence-electron chi connectivity index (χ1n) is 11.3. The summed E-state index contributed by atoms with van der Waals surface area (Å²) in [7, 11) is 0. The average molecular weight is 440 g/mol. The number of hydrogen-bond acceptors (Lipinski definition) is 6. The highest BCUT2D eigenvalue weighted by molar-refractivity contribution is 5.83. The lowest BCUT2D eigenvalue weighted by Crippen LogP contribution is -2.26. The van der Waals surface area contributed by atoms with Crippen LogP contribution in [0.5, 0.6) is 0 Å². The number of hydrogen-bond donors (Lipinski definition) is 1. The second-order valence-corrected chi connectivity index (χ2v) is 8.63. The third-order valence-corrected chi connectivity index (χ3v) is 6.58. The van der Waals surface area contributed by atoms with Crippen molar-refractivity contribution in [2.75, 3.05) is 18.9 Å². The number of ether oxygens (including phenoxy) is 1. The largest absolute Gasteiger partial charge is 0.396 e. The first-order chi connectivity index (χ1) is 16.2. The number of nitrogens with zero attached hydrogens (tertiary/aromatic N) is 6. The summed E-state index contributed by atoms with van der Waals surface area (Å²) in [6, 6.07) is 19.0. The molecule has 0 unspecified atom stereocenters. The van der Waals surface area contributed by atoms with Gasteiger partial charge in [0.2, 0.25) is 5.65 Å². The maximum atomic E-state index is 6.26. The van der Waals surface area contributed by atoms with Gasteiger partial charge in [-0.2, -0.15) is 9.61 Å². The summed E-state index contributed by atoms with van der Waals surface area (Å²) in [6.07, 6.45) is 4.03. The number of aromatic nitrogens is 6. The Kier molecular flexibility index (Phi) is 4.80. The van der Waals surface area contributed by atoms with Gasteiger partial charge in [-0.25, -0.2) is 4.98 Å². The summed E-state index contributed by atoms with van der Waals surface area (Å²) in [5.74, 6) is 1.18. The maximum Gasteiger partial charge on any atom is 0.200 e. The molecule has 1 aliphatic rings. The van der Waals surface area contributed by atoms with Crippen LogP contribution >= 0.6 is 0 Å². The molecule has 4 heterocycles. The van der Waals surface area contributed by atoms with E-state index < -0.39 is 0 Å². The van der Waals surface area contributed by atoms with Crippen molar-refractivity contribution in [2.24, 2.45) is 5.92 Å². The van der Waals surface area contributed by atoms with Crippen LogP contribution in [0.15, 0.2) is 60.9 Å². The molecule has 166 valence electrons. The molecule has 5 aromatic rings. The molecule has 0 bridgehead atoms. The molecule has 1 atom stereocenters. The van der Waals surface area contributed by atoms with Crippen molar-refractivity contribution in [1.29, 1.82) is 0 Å². The van der Waals surface area contributed by atoms with Gasteiger partial charge in [-0.15, -0.1) is 10.2 Å². The Balaban J connectivity index is 1.50. The summed E-state index contributed by atoms with van der Waals surface area (Å²) < 4.78 is 9.67. The zero-order chi connectivity index (χ0) is 22.4. The maximum absolute atomic E-state index is 6.26. The monoisotopic (exact) mass is 439 g/mol. The number of benzene rings is 2. The summed E-state index contributed by atoms with van der Waals surface area (Å²) in [6.45, 7) is 3.47. The van der Waals surface area contributed by atoms with Crippen molar-refractivity contribution in [3.05, 3.63) is 72.3 Å². The highest BCUT2D eigenvalue weighted by atomic mass is 16.5. The number of fused-ring (bicyclic) bond motifs is 2. The molecule has 1 saturated heterocycles. The summed E-state index contributed by atoms with van der Waals surface area (Å²) in [5.41, 5.74) is 12.5. The molecule has 8 heteroatoms. The molecule has 33 heavy (non-hydrogen) atoms. The van der Waals surface area contributed by atoms with Crippen molar-refractivity contribution in [3.63, 3.8) is 0 Å². The fraction of sp³-hybridized carbons (Fsp3) is 0.280. The standard InChI is InChI=1S/C25H25N7O/c1-16-28-29-25-20(26)14-22(30-32(16)25)19-7-8-21-23(13-19)31(15-27-21)24(17-5-3-2-4-6-17)18-9-11-33-12-10-18/h2-8,13-15,18,24H,9-12,26H2,1H3/t24-/m1/s1. The van der Waals surface area contributed by atoms with Gasteiger partial charge in [0.25, 0.3) is 0 Å². The van der Waals surface area contributed by atoms with Crippen molar-refractivity contribution in [3.8, 4) is 11.3 Å². The SMILES string of the molecule is Cc1nnc2c(N)cc(-c3ccc4ncn([C@H](c5ccccc5)C5CCOCC5)c4c3)nn12. The Morgan fingerprint density at radius 3 is 2.67 bits per heavy atom. The van der Waals surface area contributed by atoms with Crippen LogP contribution in [0.25, 0.3) is 27.9 Å². The molecular formula is C25H25N7O. The number of imidazole rings is 1. The van der Waals surface area contributed by atoms with Crippen molar-refractivity contribution in [2.45, 2.75) is 25.8 Å². The molecule has 0 spiro atoms. The van der Waals surface area contributed by atoms with Gasteiger partial charge < -0.3 is 15.0 Å². The minimum absolute atomic E-state index is 0.191. The third kappa shape index (κ3) is 3.43. The van der Waals surface area contributed by atoms with E-state index in [1.807, 2.05) is 31.5 Å². The van der Waals surface area contributed by atoms with E-state index in [0.717, 1.165) is 48.3 Å². The summed E-state index contributed by atoms with van der Waals surface area (Å²) in [5, 5.41) is 13.0. The second-order valence-electron chi connectivity index (χ2n) is 8.63. The lowest BCUT2D eigenvalue weighted by Gasteiger charge is -2.32. The number of nitrogens with two attached hydrogens (primary N) is 1. The molecule has 1 fully saturated rings. The zero-order valence-corrected chi connectivity index (χ0v) is 18.4. The minimum Gasteiger partial charge on any atom is -0.396 e. The van der Waals surface area contributed by atoms with Crippen LogP contribution in [0.4, 0.5) is 5.69 Å². The zero-order valence-electron chi connectivity index (χ0n) is 18.4. The number of rotatable bonds is 4. The predicted molar refractivity (Wildman–Crippen MR) is 127 cm³/mol. The molecule has 0 saturated carbocycles. The van der Waals surface area contributed by atoms with Crippen LogP contribution in [0, 0.1) is 12.8 Å². The fourth-order valence-corrected chi connectivity index (χ4v) is 4.90.